The molecular weight excluding hydrogens is 350 g/mol. The third-order valence-electron chi connectivity index (χ3n) is 3.90. The summed E-state index contributed by atoms with van der Waals surface area (Å²) >= 11 is 3.68. The molecule has 23 heavy (non-hydrogen) atoms. The molecule has 3 nitrogen and oxygen atoms in total. The molecule has 0 bridgehead atoms. The average molecular weight is 370 g/mol. The Labute approximate surface area is 145 Å². The molecule has 0 amide bonds. The van der Waals surface area contributed by atoms with Crippen molar-refractivity contribution in [3.8, 4) is 11.1 Å². The van der Waals surface area contributed by atoms with Crippen molar-refractivity contribution in [3.63, 3.8) is 0 Å². The summed E-state index contributed by atoms with van der Waals surface area (Å²) in [6.07, 6.45) is 4.54. The second-order valence-corrected chi connectivity index (χ2v) is 7.09. The molecule has 118 valence electrons. The zero-order valence-corrected chi connectivity index (χ0v) is 14.9. The number of nitrogens with zero attached hydrogens (tertiary/aromatic N) is 2. The molecule has 2 N–H and O–H groups in total. The maximum absolute atomic E-state index is 6.29. The van der Waals surface area contributed by atoms with Crippen LogP contribution in [-0.4, -0.2) is 9.97 Å². The molecule has 0 aliphatic heterocycles. The normalized spacial score (nSPS) is 12.7. The summed E-state index contributed by atoms with van der Waals surface area (Å²) in [5.41, 5.74) is 10.5. The number of hydrogen-bond donors (Lipinski definition) is 1. The quantitative estimate of drug-likeness (QED) is 0.695. The van der Waals surface area contributed by atoms with Crippen LogP contribution in [0.15, 0.2) is 53.3 Å². The van der Waals surface area contributed by atoms with E-state index >= 15 is 0 Å². The first kappa shape index (κ1) is 16.1. The lowest BCUT2D eigenvalue weighted by atomic mass is 10.00. The molecule has 3 aromatic rings. The Balaban J connectivity index is 2.03. The molecule has 0 radical (unpaired) electrons. The van der Waals surface area contributed by atoms with E-state index in [1.54, 1.807) is 12.4 Å². The van der Waals surface area contributed by atoms with Gasteiger partial charge in [0.15, 0.2) is 0 Å². The molecule has 0 fully saturated rings. The van der Waals surface area contributed by atoms with Crippen LogP contribution in [0.5, 0.6) is 0 Å². The molecule has 4 heteroatoms. The van der Waals surface area contributed by atoms with Crippen molar-refractivity contribution in [2.24, 2.45) is 11.7 Å². The average Bonchev–Trinajstić information content (AvgIpc) is 2.54. The number of hydrogen-bond acceptors (Lipinski definition) is 3. The van der Waals surface area contributed by atoms with E-state index in [1.165, 1.54) is 0 Å². The molecule has 0 saturated heterocycles. The lowest BCUT2D eigenvalue weighted by molar-refractivity contribution is 0.503. The summed E-state index contributed by atoms with van der Waals surface area (Å²) in [5, 5.41) is 1.10. The zero-order valence-electron chi connectivity index (χ0n) is 13.3. The van der Waals surface area contributed by atoms with Gasteiger partial charge in [-0.3, -0.25) is 9.97 Å². The van der Waals surface area contributed by atoms with Gasteiger partial charge in [-0.15, -0.1) is 0 Å². The molecule has 1 unspecified atom stereocenters. The van der Waals surface area contributed by atoms with E-state index in [1.807, 2.05) is 18.2 Å². The van der Waals surface area contributed by atoms with E-state index in [0.717, 1.165) is 38.6 Å². The Bertz CT molecular complexity index is 815. The first-order chi connectivity index (χ1) is 11.0. The van der Waals surface area contributed by atoms with Crippen LogP contribution in [0, 0.1) is 5.92 Å². The number of halogens is 1. The number of pyridine rings is 2. The van der Waals surface area contributed by atoms with Gasteiger partial charge in [0, 0.05) is 28.3 Å². The van der Waals surface area contributed by atoms with E-state index in [-0.39, 0.29) is 6.04 Å². The van der Waals surface area contributed by atoms with E-state index in [0.29, 0.717) is 5.92 Å². The van der Waals surface area contributed by atoms with Crippen LogP contribution in [0.25, 0.3) is 22.0 Å². The maximum Gasteiger partial charge on any atom is 0.0717 e. The van der Waals surface area contributed by atoms with Crippen molar-refractivity contribution in [1.82, 2.24) is 9.97 Å². The standard InChI is InChI=1S/C19H20BrN3/c1-12(2)9-17(21)19-11-16(20)15-10-14(3-4-18(15)23-19)13-5-7-22-8-6-13/h3-8,10-12,17H,9,21H2,1-2H3. The maximum atomic E-state index is 6.29. The van der Waals surface area contributed by atoms with E-state index in [4.69, 9.17) is 10.7 Å². The smallest absolute Gasteiger partial charge is 0.0717 e. The van der Waals surface area contributed by atoms with Gasteiger partial charge >= 0.3 is 0 Å². The topological polar surface area (TPSA) is 51.8 Å². The fourth-order valence-electron chi connectivity index (χ4n) is 2.75. The van der Waals surface area contributed by atoms with Gasteiger partial charge in [-0.05, 0) is 53.8 Å². The minimum atomic E-state index is -0.0319. The molecule has 2 aromatic heterocycles. The summed E-state index contributed by atoms with van der Waals surface area (Å²) in [4.78, 5) is 8.83. The Morgan fingerprint density at radius 3 is 2.48 bits per heavy atom. The van der Waals surface area contributed by atoms with Gasteiger partial charge in [0.25, 0.3) is 0 Å². The van der Waals surface area contributed by atoms with Crippen LogP contribution in [0.4, 0.5) is 0 Å². The molecule has 2 heterocycles. The predicted octanol–water partition coefficient (Wildman–Crippen LogP) is 5.11. The molecule has 1 aromatic carbocycles. The number of nitrogens with two attached hydrogens (primary N) is 1. The fourth-order valence-corrected chi connectivity index (χ4v) is 3.30. The van der Waals surface area contributed by atoms with Gasteiger partial charge < -0.3 is 5.73 Å². The van der Waals surface area contributed by atoms with Gasteiger partial charge in [0.1, 0.15) is 0 Å². The van der Waals surface area contributed by atoms with Crippen molar-refractivity contribution >= 4 is 26.8 Å². The zero-order chi connectivity index (χ0) is 16.4. The Morgan fingerprint density at radius 1 is 1.04 bits per heavy atom. The van der Waals surface area contributed by atoms with Gasteiger partial charge in [-0.1, -0.05) is 35.8 Å². The lowest BCUT2D eigenvalue weighted by Crippen LogP contribution is -2.14. The third kappa shape index (κ3) is 3.59. The first-order valence-corrected chi connectivity index (χ1v) is 8.60. The highest BCUT2D eigenvalue weighted by Crippen LogP contribution is 2.30. The molecule has 0 aliphatic carbocycles. The number of aromatic nitrogens is 2. The Hall–Kier alpha value is -1.78. The lowest BCUT2D eigenvalue weighted by Gasteiger charge is -2.15. The van der Waals surface area contributed by atoms with Crippen molar-refractivity contribution in [2.45, 2.75) is 26.3 Å². The van der Waals surface area contributed by atoms with Crippen LogP contribution >= 0.6 is 15.9 Å². The fraction of sp³-hybridized carbons (Fsp3) is 0.263. The Morgan fingerprint density at radius 2 is 1.78 bits per heavy atom. The van der Waals surface area contributed by atoms with Crippen LogP contribution in [0.2, 0.25) is 0 Å². The highest BCUT2D eigenvalue weighted by molar-refractivity contribution is 9.10. The van der Waals surface area contributed by atoms with Gasteiger partial charge in [-0.25, -0.2) is 0 Å². The first-order valence-electron chi connectivity index (χ1n) is 7.81. The minimum Gasteiger partial charge on any atom is -0.323 e. The SMILES string of the molecule is CC(C)CC(N)c1cc(Br)c2cc(-c3ccncc3)ccc2n1. The number of benzene rings is 1. The molecule has 0 aliphatic rings. The largest absolute Gasteiger partial charge is 0.323 e. The summed E-state index contributed by atoms with van der Waals surface area (Å²) in [5.74, 6) is 0.551. The van der Waals surface area contributed by atoms with Crippen LogP contribution in [0.1, 0.15) is 32.0 Å². The highest BCUT2D eigenvalue weighted by atomic mass is 79.9. The molecule has 0 saturated carbocycles. The summed E-state index contributed by atoms with van der Waals surface area (Å²) in [7, 11) is 0. The number of fused-ring (bicyclic) bond motifs is 1. The van der Waals surface area contributed by atoms with Crippen LogP contribution in [-0.2, 0) is 0 Å². The molecule has 0 spiro atoms. The molecule has 1 atom stereocenters. The summed E-state index contributed by atoms with van der Waals surface area (Å²) in [6, 6.07) is 12.3. The van der Waals surface area contributed by atoms with Crippen molar-refractivity contribution in [1.29, 1.82) is 0 Å². The predicted molar refractivity (Wildman–Crippen MR) is 99.1 cm³/mol. The highest BCUT2D eigenvalue weighted by Gasteiger charge is 2.13. The van der Waals surface area contributed by atoms with Crippen molar-refractivity contribution < 1.29 is 0 Å². The second kappa shape index (κ2) is 6.77. The van der Waals surface area contributed by atoms with Crippen molar-refractivity contribution in [3.05, 3.63) is 59.0 Å². The monoisotopic (exact) mass is 369 g/mol. The van der Waals surface area contributed by atoms with E-state index in [9.17, 15) is 0 Å². The van der Waals surface area contributed by atoms with E-state index in [2.05, 4.69) is 53.0 Å². The van der Waals surface area contributed by atoms with Gasteiger partial charge in [0.2, 0.25) is 0 Å². The van der Waals surface area contributed by atoms with Gasteiger partial charge in [-0.2, -0.15) is 0 Å². The minimum absolute atomic E-state index is 0.0319. The van der Waals surface area contributed by atoms with E-state index < -0.39 is 0 Å². The third-order valence-corrected chi connectivity index (χ3v) is 4.55. The Kier molecular flexibility index (Phi) is 4.74. The molecular formula is C19H20BrN3. The van der Waals surface area contributed by atoms with Crippen LogP contribution in [0.3, 0.4) is 0 Å². The van der Waals surface area contributed by atoms with Gasteiger partial charge in [0.05, 0.1) is 11.2 Å². The molecule has 3 rings (SSSR count). The second-order valence-electron chi connectivity index (χ2n) is 6.23. The van der Waals surface area contributed by atoms with Crippen molar-refractivity contribution in [2.75, 3.05) is 0 Å². The summed E-state index contributed by atoms with van der Waals surface area (Å²) < 4.78 is 1.03. The van der Waals surface area contributed by atoms with Crippen LogP contribution < -0.4 is 5.73 Å². The number of rotatable bonds is 4. The summed E-state index contributed by atoms with van der Waals surface area (Å²) in [6.45, 7) is 4.36.